The molecular formula is C3H4B3. The zero-order valence-corrected chi connectivity index (χ0v) is 3.59. The molecule has 0 saturated heterocycles. The molecule has 0 fully saturated rings. The summed E-state index contributed by atoms with van der Waals surface area (Å²) in [6.45, 7) is 5.11. The van der Waals surface area contributed by atoms with Gasteiger partial charge >= 0.3 is 40.2 Å². The van der Waals surface area contributed by atoms with Crippen molar-refractivity contribution in [3.63, 3.8) is 0 Å². The Morgan fingerprint density at radius 1 is 1.50 bits per heavy atom. The minimum absolute atomic E-state index is 1.46. The molecule has 0 aromatic carbocycles. The second-order valence-electron chi connectivity index (χ2n) is 0.813. The topological polar surface area (TPSA) is 0 Å². The van der Waals surface area contributed by atoms with Crippen molar-refractivity contribution < 1.29 is 0 Å². The summed E-state index contributed by atoms with van der Waals surface area (Å²) in [5, 5.41) is 0. The Kier molecular flexibility index (Phi) is 4.65. The van der Waals surface area contributed by atoms with Crippen LogP contribution in [0.1, 0.15) is 0 Å². The predicted octanol–water partition coefficient (Wildman–Crippen LogP) is -0.619. The van der Waals surface area contributed by atoms with E-state index in [2.05, 4.69) is 6.47 Å². The summed E-state index contributed by atoms with van der Waals surface area (Å²) < 4.78 is 0. The summed E-state index contributed by atoms with van der Waals surface area (Å²) in [5.41, 5.74) is 0. The Balaban J connectivity index is 2.94. The monoisotopic (exact) mass is 73.1 g/mol. The van der Waals surface area contributed by atoms with Crippen molar-refractivity contribution in [1.29, 1.82) is 0 Å². The molecule has 0 spiro atoms. The molecule has 6 heavy (non-hydrogen) atoms. The summed E-state index contributed by atoms with van der Waals surface area (Å²) in [6.07, 6.45) is 0. The van der Waals surface area contributed by atoms with Crippen molar-refractivity contribution in [3.05, 3.63) is 12.0 Å². The first-order valence-electron chi connectivity index (χ1n) is 1.74. The second-order valence-corrected chi connectivity index (χ2v) is 0.813. The molecule has 3 heteroatoms. The summed E-state index contributed by atoms with van der Waals surface area (Å²) in [6, 6.07) is 0. The van der Waals surface area contributed by atoms with Crippen molar-refractivity contribution in [2.24, 2.45) is 0 Å². The first-order chi connectivity index (χ1) is 2.91. The van der Waals surface area contributed by atoms with Gasteiger partial charge in [-0.25, -0.2) is 0 Å². The van der Waals surface area contributed by atoms with Gasteiger partial charge in [0.25, 0.3) is 0 Å². The molecule has 0 aromatic rings. The number of rotatable bonds is 2. The molecule has 0 saturated carbocycles. The summed E-state index contributed by atoms with van der Waals surface area (Å²) in [5.74, 6) is 3.48. The van der Waals surface area contributed by atoms with Crippen LogP contribution < -0.4 is 0 Å². The minimum atomic E-state index is 1.46. The van der Waals surface area contributed by atoms with Gasteiger partial charge in [-0.2, -0.15) is 0 Å². The van der Waals surface area contributed by atoms with Crippen LogP contribution in [-0.2, 0) is 0 Å². The predicted molar refractivity (Wildman–Crippen MR) is 33.5 cm³/mol. The molecular weight excluding hydrogens is 68.5 g/mol. The van der Waals surface area contributed by atoms with Gasteiger partial charge in [0.2, 0.25) is 0 Å². The fourth-order valence-electron chi connectivity index (χ4n) is 0.143. The van der Waals surface area contributed by atoms with Crippen LogP contribution in [-0.4, -0.2) is 28.3 Å². The first-order valence-corrected chi connectivity index (χ1v) is 1.74. The summed E-state index contributed by atoms with van der Waals surface area (Å²) in [7, 11) is 6.42. The molecule has 3 radical (unpaired) electrons. The molecule has 0 aliphatic heterocycles. The van der Waals surface area contributed by atoms with Gasteiger partial charge < -0.3 is 0 Å². The number of hydrogen-bond acceptors (Lipinski definition) is 0. The van der Waals surface area contributed by atoms with E-state index in [9.17, 15) is 0 Å². The Morgan fingerprint density at radius 3 is 2.33 bits per heavy atom. The number of hydrogen-bond donors (Lipinski definition) is 0. The Morgan fingerprint density at radius 2 is 2.17 bits per heavy atom. The van der Waals surface area contributed by atoms with Gasteiger partial charge in [-0.3, -0.25) is 0 Å². The van der Waals surface area contributed by atoms with Crippen molar-refractivity contribution in [2.75, 3.05) is 0 Å². The third kappa shape index (κ3) is 3.80. The average molecular weight is 72.5 g/mol. The van der Waals surface area contributed by atoms with E-state index < -0.39 is 0 Å². The van der Waals surface area contributed by atoms with Crippen LogP contribution in [0.2, 0.25) is 0 Å². The molecule has 0 nitrogen and oxygen atoms in total. The molecule has 0 aliphatic rings. The van der Waals surface area contributed by atoms with Crippen LogP contribution in [0.25, 0.3) is 0 Å². The maximum absolute atomic E-state index is 4.96. The molecule has 0 heterocycles. The quantitative estimate of drug-likeness (QED) is 0.382. The van der Waals surface area contributed by atoms with Crippen molar-refractivity contribution in [1.82, 2.24) is 0 Å². The standard InChI is InChI=1S/C3H4B3/c1-5-2-3-6-4/h2-3H,1H2/b3-2-. The molecule has 0 aliphatic carbocycles. The molecule has 0 N–H and O–H groups in total. The van der Waals surface area contributed by atoms with E-state index in [1.54, 1.807) is 18.9 Å². The van der Waals surface area contributed by atoms with Crippen molar-refractivity contribution in [2.45, 2.75) is 0 Å². The maximum atomic E-state index is 4.96. The van der Waals surface area contributed by atoms with Gasteiger partial charge in [-0.1, -0.05) is 0 Å². The van der Waals surface area contributed by atoms with Crippen LogP contribution in [0.5, 0.6) is 0 Å². The second kappa shape index (κ2) is 4.80. The fourth-order valence-corrected chi connectivity index (χ4v) is 0.143. The summed E-state index contributed by atoms with van der Waals surface area (Å²) in [4.78, 5) is 0. The average Bonchev–Trinajstić information content (AvgIpc) is 1.61. The van der Waals surface area contributed by atoms with E-state index >= 15 is 0 Å². The molecule has 0 rings (SSSR count). The van der Waals surface area contributed by atoms with Gasteiger partial charge in [-0.05, 0) is 0 Å². The van der Waals surface area contributed by atoms with Crippen molar-refractivity contribution >= 4 is 28.3 Å². The van der Waals surface area contributed by atoms with Crippen LogP contribution in [0.3, 0.4) is 0 Å². The van der Waals surface area contributed by atoms with Crippen molar-refractivity contribution in [3.8, 4) is 0 Å². The van der Waals surface area contributed by atoms with Crippen LogP contribution in [0.4, 0.5) is 0 Å². The van der Waals surface area contributed by atoms with Crippen LogP contribution >= 0.6 is 0 Å². The van der Waals surface area contributed by atoms with E-state index in [0.717, 1.165) is 0 Å². The molecule has 0 aromatic heterocycles. The van der Waals surface area contributed by atoms with Crippen LogP contribution in [0, 0.1) is 0 Å². The zero-order chi connectivity index (χ0) is 4.83. The van der Waals surface area contributed by atoms with Gasteiger partial charge in [0.15, 0.2) is 0 Å². The zero-order valence-electron chi connectivity index (χ0n) is 3.59. The van der Waals surface area contributed by atoms with E-state index in [4.69, 9.17) is 7.74 Å². The first kappa shape index (κ1) is 5.80. The molecule has 0 atom stereocenters. The molecule has 0 unspecified atom stereocenters. The van der Waals surface area contributed by atoms with Gasteiger partial charge in [0.1, 0.15) is 0 Å². The van der Waals surface area contributed by atoms with E-state index in [1.807, 2.05) is 0 Å². The van der Waals surface area contributed by atoms with Gasteiger partial charge in [-0.15, -0.1) is 0 Å². The normalized spacial score (nSPS) is 8.00. The molecule has 0 amide bonds. The molecule has 25 valence electrons. The Hall–Kier alpha value is -0.195. The molecule has 0 bridgehead atoms. The SMILES string of the molecule is [B][B]/C=C\B=C. The van der Waals surface area contributed by atoms with E-state index in [-0.39, 0.29) is 0 Å². The summed E-state index contributed by atoms with van der Waals surface area (Å²) >= 11 is 0. The Bertz CT molecular complexity index is 57.1. The third-order valence-corrected chi connectivity index (χ3v) is 0.358. The van der Waals surface area contributed by atoms with Gasteiger partial charge in [0, 0.05) is 0 Å². The van der Waals surface area contributed by atoms with Gasteiger partial charge in [0.05, 0.1) is 0 Å². The fraction of sp³-hybridized carbons (Fsp3) is 0. The van der Waals surface area contributed by atoms with Crippen LogP contribution in [0.15, 0.2) is 12.0 Å². The third-order valence-electron chi connectivity index (χ3n) is 0.358. The van der Waals surface area contributed by atoms with E-state index in [0.29, 0.717) is 0 Å². The van der Waals surface area contributed by atoms with E-state index in [1.165, 1.54) is 7.17 Å². The Labute approximate surface area is 41.2 Å².